The number of thioether (sulfide) groups is 2. The van der Waals surface area contributed by atoms with Crippen molar-refractivity contribution in [2.75, 3.05) is 12.0 Å². The molecule has 0 aliphatic heterocycles. The van der Waals surface area contributed by atoms with Crippen molar-refractivity contribution in [2.24, 2.45) is 0 Å². The summed E-state index contributed by atoms with van der Waals surface area (Å²) in [5, 5.41) is 14.8. The van der Waals surface area contributed by atoms with Crippen molar-refractivity contribution in [3.8, 4) is 0 Å². The summed E-state index contributed by atoms with van der Waals surface area (Å²) < 4.78 is 2.02. The average Bonchev–Trinajstić information content (AvgIpc) is 3.46. The van der Waals surface area contributed by atoms with Gasteiger partial charge in [0.25, 0.3) is 0 Å². The summed E-state index contributed by atoms with van der Waals surface area (Å²) in [6.45, 7) is 2.03. The summed E-state index contributed by atoms with van der Waals surface area (Å²) in [7, 11) is 0. The predicted octanol–water partition coefficient (Wildman–Crippen LogP) is 4.39. The number of carbonyl (C=O) groups is 1. The number of amides is 1. The van der Waals surface area contributed by atoms with Gasteiger partial charge in [-0.25, -0.2) is 9.38 Å². The molecule has 9 heteroatoms. The van der Waals surface area contributed by atoms with Crippen LogP contribution in [0.15, 0.2) is 40.6 Å². The zero-order valence-corrected chi connectivity index (χ0v) is 19.9. The van der Waals surface area contributed by atoms with Crippen LogP contribution in [0.25, 0.3) is 15.9 Å². The van der Waals surface area contributed by atoms with E-state index in [1.807, 2.05) is 35.8 Å². The van der Waals surface area contributed by atoms with Crippen LogP contribution in [-0.4, -0.2) is 43.5 Å². The van der Waals surface area contributed by atoms with Crippen molar-refractivity contribution >= 4 is 56.6 Å². The summed E-state index contributed by atoms with van der Waals surface area (Å²) in [6, 6.07) is 10.3. The van der Waals surface area contributed by atoms with Gasteiger partial charge in [-0.2, -0.15) is 0 Å². The lowest BCUT2D eigenvalue weighted by molar-refractivity contribution is -0.119. The summed E-state index contributed by atoms with van der Waals surface area (Å²) in [6.07, 6.45) is 6.25. The Balaban J connectivity index is 1.33. The first-order chi connectivity index (χ1) is 15.1. The highest BCUT2D eigenvalue weighted by atomic mass is 32.2. The molecule has 5 rings (SSSR count). The van der Waals surface area contributed by atoms with Crippen molar-refractivity contribution in [2.45, 2.75) is 49.0 Å². The third kappa shape index (κ3) is 4.06. The van der Waals surface area contributed by atoms with Crippen molar-refractivity contribution in [3.63, 3.8) is 0 Å². The summed E-state index contributed by atoms with van der Waals surface area (Å²) >= 11 is 4.79. The van der Waals surface area contributed by atoms with E-state index in [9.17, 15) is 4.79 Å². The highest BCUT2D eigenvalue weighted by Crippen LogP contribution is 2.40. The van der Waals surface area contributed by atoms with E-state index in [0.29, 0.717) is 5.75 Å². The van der Waals surface area contributed by atoms with Gasteiger partial charge in [0.15, 0.2) is 16.0 Å². The van der Waals surface area contributed by atoms with E-state index >= 15 is 0 Å². The molecule has 1 atom stereocenters. The van der Waals surface area contributed by atoms with Crippen LogP contribution in [0.2, 0.25) is 0 Å². The van der Waals surface area contributed by atoms with Gasteiger partial charge in [-0.05, 0) is 50.0 Å². The molecule has 1 amide bonds. The fourth-order valence-electron chi connectivity index (χ4n) is 4.14. The van der Waals surface area contributed by atoms with Gasteiger partial charge in [0.05, 0.1) is 11.1 Å². The number of fused-ring (bicyclic) bond motifs is 5. The molecule has 0 saturated carbocycles. The largest absolute Gasteiger partial charge is 0.353 e. The number of benzene rings is 1. The van der Waals surface area contributed by atoms with Crippen LogP contribution in [-0.2, 0) is 24.1 Å². The fraction of sp³-hybridized carbons (Fsp3) is 0.364. The van der Waals surface area contributed by atoms with Gasteiger partial charge in [0, 0.05) is 10.9 Å². The number of thiophene rings is 1. The molecule has 0 unspecified atom stereocenters. The average molecular weight is 470 g/mol. The summed E-state index contributed by atoms with van der Waals surface area (Å²) in [5.74, 6) is 0.300. The third-order valence-corrected chi connectivity index (χ3v) is 8.21. The molecular formula is C22H23N5OS3. The van der Waals surface area contributed by atoms with Crippen LogP contribution in [0.1, 0.15) is 29.3 Å². The molecule has 1 aromatic carbocycles. The van der Waals surface area contributed by atoms with Crippen LogP contribution in [0.3, 0.4) is 0 Å². The van der Waals surface area contributed by atoms with Crippen molar-refractivity contribution in [3.05, 3.63) is 46.3 Å². The number of nitrogens with one attached hydrogen (secondary N) is 1. The Bertz CT molecular complexity index is 1250. The molecule has 0 spiro atoms. The third-order valence-electron chi connectivity index (χ3n) is 5.46. The molecule has 6 nitrogen and oxygen atoms in total. The molecule has 31 heavy (non-hydrogen) atoms. The van der Waals surface area contributed by atoms with E-state index < -0.39 is 0 Å². The van der Waals surface area contributed by atoms with E-state index in [0.717, 1.165) is 45.4 Å². The molecule has 160 valence electrons. The minimum absolute atomic E-state index is 0.00125. The Morgan fingerprint density at radius 2 is 2.06 bits per heavy atom. The number of hydrogen-bond donors (Lipinski definition) is 1. The molecule has 1 N–H and O–H groups in total. The van der Waals surface area contributed by atoms with Gasteiger partial charge in [-0.3, -0.25) is 4.79 Å². The maximum atomic E-state index is 12.5. The topological polar surface area (TPSA) is 72.2 Å². The van der Waals surface area contributed by atoms with E-state index in [2.05, 4.69) is 27.6 Å². The van der Waals surface area contributed by atoms with Crippen molar-refractivity contribution < 1.29 is 4.79 Å². The smallest absolute Gasteiger partial charge is 0.230 e. The molecule has 1 aliphatic rings. The standard InChI is InChI=1S/C22H23N5OS3/c1-13(11-14-7-4-3-5-8-14)23-17(28)12-30-22-26-25-19-18-15-9-6-10-16(15)31-20(18)24-21(29-2)27(19)22/h3-5,7-8,13H,6,9-12H2,1-2H3,(H,23,28)/t13-/m1/s1. The zero-order chi connectivity index (χ0) is 21.4. The van der Waals surface area contributed by atoms with Gasteiger partial charge in [-0.1, -0.05) is 53.9 Å². The van der Waals surface area contributed by atoms with Gasteiger partial charge in [0.1, 0.15) is 4.83 Å². The highest BCUT2D eigenvalue weighted by Gasteiger charge is 2.24. The van der Waals surface area contributed by atoms with Crippen LogP contribution in [0, 0.1) is 0 Å². The lowest BCUT2D eigenvalue weighted by Gasteiger charge is -2.13. The van der Waals surface area contributed by atoms with E-state index in [1.54, 1.807) is 23.1 Å². The Morgan fingerprint density at radius 1 is 1.23 bits per heavy atom. The number of nitrogens with zero attached hydrogens (tertiary/aromatic N) is 4. The second-order valence-electron chi connectivity index (χ2n) is 7.72. The first kappa shape index (κ1) is 20.8. The van der Waals surface area contributed by atoms with E-state index in [1.165, 1.54) is 34.2 Å². The Kier molecular flexibility index (Phi) is 5.90. The van der Waals surface area contributed by atoms with Crippen LogP contribution < -0.4 is 5.32 Å². The Morgan fingerprint density at radius 3 is 2.87 bits per heavy atom. The van der Waals surface area contributed by atoms with Crippen molar-refractivity contribution in [1.29, 1.82) is 0 Å². The highest BCUT2D eigenvalue weighted by molar-refractivity contribution is 8.00. The van der Waals surface area contributed by atoms with Gasteiger partial charge in [-0.15, -0.1) is 21.5 Å². The molecule has 0 fully saturated rings. The second kappa shape index (κ2) is 8.80. The molecule has 1 aliphatic carbocycles. The molecule has 3 heterocycles. The summed E-state index contributed by atoms with van der Waals surface area (Å²) in [4.78, 5) is 19.9. The lowest BCUT2D eigenvalue weighted by atomic mass is 10.1. The maximum Gasteiger partial charge on any atom is 0.230 e. The van der Waals surface area contributed by atoms with E-state index in [-0.39, 0.29) is 11.9 Å². The number of aryl methyl sites for hydroxylation is 2. The normalized spacial score (nSPS) is 14.3. The molecule has 0 radical (unpaired) electrons. The SMILES string of the molecule is CSc1nc2sc3c(c2c2nnc(SCC(=O)N[C@H](C)Cc4ccccc4)n12)CCC3. The summed E-state index contributed by atoms with van der Waals surface area (Å²) in [5.41, 5.74) is 3.48. The molecule has 4 aromatic rings. The monoisotopic (exact) mass is 469 g/mol. The lowest BCUT2D eigenvalue weighted by Crippen LogP contribution is -2.35. The van der Waals surface area contributed by atoms with Gasteiger partial charge < -0.3 is 5.32 Å². The van der Waals surface area contributed by atoms with E-state index in [4.69, 9.17) is 4.98 Å². The number of hydrogen-bond acceptors (Lipinski definition) is 7. The quantitative estimate of drug-likeness (QED) is 0.320. The molecule has 0 bridgehead atoms. The minimum Gasteiger partial charge on any atom is -0.353 e. The second-order valence-corrected chi connectivity index (χ2v) is 10.5. The van der Waals surface area contributed by atoms with Gasteiger partial charge in [0.2, 0.25) is 5.91 Å². The zero-order valence-electron chi connectivity index (χ0n) is 17.4. The first-order valence-corrected chi connectivity index (χ1v) is 13.4. The first-order valence-electron chi connectivity index (χ1n) is 10.3. The predicted molar refractivity (Wildman–Crippen MR) is 128 cm³/mol. The number of aromatic nitrogens is 4. The number of rotatable bonds is 7. The number of carbonyl (C=O) groups excluding carboxylic acids is 1. The minimum atomic E-state index is 0.00125. The van der Waals surface area contributed by atoms with Crippen LogP contribution >= 0.6 is 34.9 Å². The maximum absolute atomic E-state index is 12.5. The van der Waals surface area contributed by atoms with Crippen molar-refractivity contribution in [1.82, 2.24) is 24.9 Å². The molecule has 3 aromatic heterocycles. The molecule has 0 saturated heterocycles. The Hall–Kier alpha value is -2.10. The molecular weight excluding hydrogens is 446 g/mol. The van der Waals surface area contributed by atoms with Crippen LogP contribution in [0.4, 0.5) is 0 Å². The van der Waals surface area contributed by atoms with Gasteiger partial charge >= 0.3 is 0 Å². The fourth-order valence-corrected chi connectivity index (χ4v) is 6.79. The van der Waals surface area contributed by atoms with Crippen LogP contribution in [0.5, 0.6) is 0 Å². The Labute approximate surface area is 193 Å².